The van der Waals surface area contributed by atoms with Crippen LogP contribution in [0.2, 0.25) is 0 Å². The van der Waals surface area contributed by atoms with Crippen LogP contribution >= 0.6 is 20.6 Å². The van der Waals surface area contributed by atoms with Crippen molar-refractivity contribution in [2.24, 2.45) is 0 Å². The number of ether oxygens (including phenoxy) is 1. The smallest absolute Gasteiger partial charge is 0.256 e. The summed E-state index contributed by atoms with van der Waals surface area (Å²) in [7, 11) is 4.43. The van der Waals surface area contributed by atoms with Crippen LogP contribution < -0.4 is 15.4 Å². The van der Waals surface area contributed by atoms with E-state index in [0.717, 1.165) is 56.4 Å². The van der Waals surface area contributed by atoms with Gasteiger partial charge < -0.3 is 20.3 Å². The zero-order valence-electron chi connectivity index (χ0n) is 23.7. The van der Waals surface area contributed by atoms with Gasteiger partial charge in [0.25, 0.3) is 5.91 Å². The first-order valence-corrected chi connectivity index (χ1v) is 15.6. The van der Waals surface area contributed by atoms with E-state index < -0.39 is 5.41 Å². The average Bonchev–Trinajstić information content (AvgIpc) is 3.67. The number of rotatable bonds is 11. The predicted molar refractivity (Wildman–Crippen MR) is 166 cm³/mol. The van der Waals surface area contributed by atoms with Gasteiger partial charge in [0.15, 0.2) is 0 Å². The number of nitrogens with zero attached hydrogens (tertiary/aromatic N) is 1. The zero-order valence-corrected chi connectivity index (χ0v) is 25.6. The molecular formula is C32H40N3O3PS. The minimum atomic E-state index is -0.690. The van der Waals surface area contributed by atoms with Crippen molar-refractivity contribution in [3.63, 3.8) is 0 Å². The van der Waals surface area contributed by atoms with E-state index in [2.05, 4.69) is 87.2 Å². The quantitative estimate of drug-likeness (QED) is 0.234. The Kier molecular flexibility index (Phi) is 8.65. The highest BCUT2D eigenvalue weighted by molar-refractivity contribution is 7.18. The van der Waals surface area contributed by atoms with Gasteiger partial charge in [0.05, 0.1) is 12.7 Å². The first kappa shape index (κ1) is 28.8. The van der Waals surface area contributed by atoms with Crippen LogP contribution in [0.15, 0.2) is 59.3 Å². The van der Waals surface area contributed by atoms with Crippen LogP contribution in [-0.4, -0.2) is 61.2 Å². The highest BCUT2D eigenvalue weighted by Gasteiger charge is 2.48. The minimum absolute atomic E-state index is 0.0647. The number of hydrogen-bond donors (Lipinski definition) is 2. The van der Waals surface area contributed by atoms with Crippen molar-refractivity contribution in [1.82, 2.24) is 15.5 Å². The molecule has 2 heterocycles. The monoisotopic (exact) mass is 577 g/mol. The highest BCUT2D eigenvalue weighted by atomic mass is 32.1. The van der Waals surface area contributed by atoms with Crippen LogP contribution in [0.1, 0.15) is 61.0 Å². The number of carbonyl (C=O) groups excluding carboxylic acids is 2. The van der Waals surface area contributed by atoms with Gasteiger partial charge in [-0.3, -0.25) is 9.59 Å². The molecule has 1 aliphatic carbocycles. The summed E-state index contributed by atoms with van der Waals surface area (Å²) in [6.45, 7) is 7.59. The molecule has 0 bridgehead atoms. The predicted octanol–water partition coefficient (Wildman–Crippen LogP) is 5.47. The van der Waals surface area contributed by atoms with Crippen molar-refractivity contribution < 1.29 is 14.3 Å². The number of methoxy groups -OCH3 is 1. The van der Waals surface area contributed by atoms with Gasteiger partial charge in [-0.1, -0.05) is 68.8 Å². The number of amides is 2. The van der Waals surface area contributed by atoms with Crippen molar-refractivity contribution in [2.45, 2.75) is 56.1 Å². The lowest BCUT2D eigenvalue weighted by molar-refractivity contribution is -0.125. The Balaban J connectivity index is 1.24. The number of hydrogen-bond acceptors (Lipinski definition) is 5. The summed E-state index contributed by atoms with van der Waals surface area (Å²) in [4.78, 5) is 29.3. The molecule has 8 heteroatoms. The molecular weight excluding hydrogens is 537 g/mol. The van der Waals surface area contributed by atoms with E-state index in [1.807, 2.05) is 10.8 Å². The van der Waals surface area contributed by atoms with Gasteiger partial charge in [-0.15, -0.1) is 20.6 Å². The van der Waals surface area contributed by atoms with Crippen molar-refractivity contribution in [3.05, 3.63) is 76.0 Å². The summed E-state index contributed by atoms with van der Waals surface area (Å²) >= 11 is 1.47. The third-order valence-corrected chi connectivity index (χ3v) is 9.06. The lowest BCUT2D eigenvalue weighted by atomic mass is 9.73. The van der Waals surface area contributed by atoms with Crippen LogP contribution in [0.25, 0.3) is 11.1 Å². The van der Waals surface area contributed by atoms with Crippen molar-refractivity contribution in [1.29, 1.82) is 0 Å². The Morgan fingerprint density at radius 3 is 2.40 bits per heavy atom. The second kappa shape index (κ2) is 12.0. The van der Waals surface area contributed by atoms with Crippen LogP contribution in [0.5, 0.6) is 5.75 Å². The van der Waals surface area contributed by atoms with E-state index in [0.29, 0.717) is 17.9 Å². The molecule has 6 nitrogen and oxygen atoms in total. The van der Waals surface area contributed by atoms with E-state index in [-0.39, 0.29) is 23.0 Å². The number of fused-ring (bicyclic) bond motifs is 3. The molecule has 40 heavy (non-hydrogen) atoms. The lowest BCUT2D eigenvalue weighted by Crippen LogP contribution is -2.47. The van der Waals surface area contributed by atoms with Gasteiger partial charge in [-0.05, 0) is 53.2 Å². The maximum absolute atomic E-state index is 14.1. The number of nitrogens with one attached hydrogen (secondary N) is 2. The first-order valence-electron chi connectivity index (χ1n) is 14.1. The molecule has 2 aromatic carbocycles. The highest BCUT2D eigenvalue weighted by Crippen LogP contribution is 2.51. The van der Waals surface area contributed by atoms with Gasteiger partial charge >= 0.3 is 0 Å². The van der Waals surface area contributed by atoms with Gasteiger partial charge in [0.1, 0.15) is 11.2 Å². The van der Waals surface area contributed by atoms with Crippen LogP contribution in [0, 0.1) is 0 Å². The molecule has 2 atom stereocenters. The minimum Gasteiger partial charge on any atom is -0.495 e. The Morgan fingerprint density at radius 2 is 1.75 bits per heavy atom. The molecule has 0 spiro atoms. The Morgan fingerprint density at radius 1 is 1.07 bits per heavy atom. The molecule has 1 aromatic heterocycles. The number of benzene rings is 2. The molecule has 1 aliphatic heterocycles. The Hall–Kier alpha value is -2.73. The lowest BCUT2D eigenvalue weighted by Gasteiger charge is -2.32. The Labute approximate surface area is 244 Å². The second-order valence-corrected chi connectivity index (χ2v) is 14.0. The summed E-state index contributed by atoms with van der Waals surface area (Å²) < 4.78 is 5.31. The van der Waals surface area contributed by atoms with E-state index in [4.69, 9.17) is 4.74 Å². The van der Waals surface area contributed by atoms with Crippen molar-refractivity contribution >= 4 is 32.4 Å². The molecule has 0 radical (unpaired) electrons. The summed E-state index contributed by atoms with van der Waals surface area (Å²) in [5.41, 5.74) is 4.48. The van der Waals surface area contributed by atoms with E-state index in [9.17, 15) is 9.59 Å². The summed E-state index contributed by atoms with van der Waals surface area (Å²) in [5, 5.41) is 10.1. The Bertz CT molecular complexity index is 1320. The van der Waals surface area contributed by atoms with Gasteiger partial charge in [-0.25, -0.2) is 0 Å². The second-order valence-electron chi connectivity index (χ2n) is 11.7. The normalized spacial score (nSPS) is 17.8. The van der Waals surface area contributed by atoms with Gasteiger partial charge in [0.2, 0.25) is 5.91 Å². The third kappa shape index (κ3) is 5.83. The molecule has 2 amide bonds. The topological polar surface area (TPSA) is 70.7 Å². The average molecular weight is 578 g/mol. The largest absolute Gasteiger partial charge is 0.495 e. The van der Waals surface area contributed by atoms with E-state index >= 15 is 0 Å². The maximum atomic E-state index is 14.1. The van der Waals surface area contributed by atoms with Crippen LogP contribution in [0.4, 0.5) is 0 Å². The standard InChI is InChI=1S/C32H40N3O3PS/c1-31(2,39)21-33-30(37)32(26-12-6-4-10-23(26)24-11-5-7-13-27(24)32)15-8-9-16-35-17-14-22(18-35)34-29(36)25-19-40-20-28(25)38-3/h4-7,10-13,19-20,22H,8-9,14-18,21,39H2,1-3H3,(H,33,37)(H,34,36). The molecule has 2 N–H and O–H groups in total. The van der Waals surface area contributed by atoms with E-state index in [1.54, 1.807) is 7.11 Å². The van der Waals surface area contributed by atoms with Crippen LogP contribution in [-0.2, 0) is 10.2 Å². The van der Waals surface area contributed by atoms with Crippen molar-refractivity contribution in [3.8, 4) is 16.9 Å². The number of unbranched alkanes of at least 4 members (excludes halogenated alkanes) is 1. The number of carbonyl (C=O) groups is 2. The number of thiophene rings is 1. The zero-order chi connectivity index (χ0) is 28.3. The SMILES string of the molecule is COc1cscc1C(=O)NC1CCN(CCCCC2(C(=O)NCC(C)(C)P)c3ccccc3-c3ccccc32)C1. The summed E-state index contributed by atoms with van der Waals surface area (Å²) in [5.74, 6) is 0.657. The molecule has 0 saturated carbocycles. The third-order valence-electron chi connectivity index (χ3n) is 8.13. The van der Waals surface area contributed by atoms with Crippen LogP contribution in [0.3, 0.4) is 0 Å². The van der Waals surface area contributed by atoms with Gasteiger partial charge in [0, 0.05) is 36.4 Å². The molecule has 5 rings (SSSR count). The molecule has 212 valence electrons. The molecule has 2 aliphatic rings. The molecule has 1 fully saturated rings. The van der Waals surface area contributed by atoms with Crippen molar-refractivity contribution in [2.75, 3.05) is 33.3 Å². The fourth-order valence-corrected chi connectivity index (χ4v) is 7.04. The fourth-order valence-electron chi connectivity index (χ4n) is 6.16. The first-order chi connectivity index (χ1) is 19.2. The molecule has 2 unspecified atom stereocenters. The number of likely N-dealkylation sites (tertiary alicyclic amines) is 1. The summed E-state index contributed by atoms with van der Waals surface area (Å²) in [6, 6.07) is 16.9. The molecule has 1 saturated heterocycles. The van der Waals surface area contributed by atoms with E-state index in [1.165, 1.54) is 22.5 Å². The maximum Gasteiger partial charge on any atom is 0.256 e. The fraction of sp³-hybridized carbons (Fsp3) is 0.438. The van der Waals surface area contributed by atoms with Gasteiger partial charge in [-0.2, -0.15) is 0 Å². The summed E-state index contributed by atoms with van der Waals surface area (Å²) in [6.07, 6.45) is 3.62. The molecule has 3 aromatic rings.